The second-order valence-electron chi connectivity index (χ2n) is 8.22. The monoisotopic (exact) mass is 405 g/mol. The van der Waals surface area contributed by atoms with Gasteiger partial charge in [0.05, 0.1) is 13.1 Å². The first kappa shape index (κ1) is 21.3. The molecule has 1 saturated heterocycles. The summed E-state index contributed by atoms with van der Waals surface area (Å²) < 4.78 is 4.62. The van der Waals surface area contributed by atoms with Crippen molar-refractivity contribution in [2.45, 2.75) is 58.5 Å². The number of hydrogen-bond acceptors (Lipinski definition) is 4. The summed E-state index contributed by atoms with van der Waals surface area (Å²) in [5, 5.41) is 0. The number of unbranched alkanes of at least 4 members (excludes halogenated alkanes) is 3. The number of carbonyl (C=O) groups excluding carboxylic acids is 1. The average molecular weight is 406 g/mol. The Morgan fingerprint density at radius 3 is 2.45 bits per heavy atom. The largest absolute Gasteiger partial charge is 0.369 e. The van der Waals surface area contributed by atoms with E-state index < -0.39 is 0 Å². The summed E-state index contributed by atoms with van der Waals surface area (Å²) in [7, 11) is 3.17. The molecule has 2 aromatic heterocycles. The number of quaternary nitrogens is 1. The molecule has 3 rings (SSSR count). The number of primary amides is 1. The van der Waals surface area contributed by atoms with E-state index in [4.69, 9.17) is 10.7 Å². The third-order valence-electron chi connectivity index (χ3n) is 6.17. The molecule has 9 heteroatoms. The second-order valence-corrected chi connectivity index (χ2v) is 8.22. The van der Waals surface area contributed by atoms with Crippen LogP contribution in [0.4, 0.5) is 0 Å². The van der Waals surface area contributed by atoms with Crippen LogP contribution in [0.25, 0.3) is 11.2 Å². The van der Waals surface area contributed by atoms with Crippen LogP contribution in [-0.2, 0) is 32.0 Å². The van der Waals surface area contributed by atoms with Crippen LogP contribution in [0.1, 0.15) is 51.3 Å². The number of fused-ring (bicyclic) bond motifs is 1. The van der Waals surface area contributed by atoms with Crippen molar-refractivity contribution in [1.82, 2.24) is 18.7 Å². The third kappa shape index (κ3) is 4.29. The standard InChI is InChI=1S/C20H32N6O3/c1-4-5-6-7-10-26-15(13-25-11-8-14(9-12-25)17(21)27)22-18-16(26)19(28)24(3)20(29)23(18)2/h14H,4-13H2,1-3H3,(H2,21,27)/p+1. The van der Waals surface area contributed by atoms with Crippen molar-refractivity contribution >= 4 is 17.1 Å². The number of piperidine rings is 1. The van der Waals surface area contributed by atoms with Crippen molar-refractivity contribution < 1.29 is 9.69 Å². The van der Waals surface area contributed by atoms with Crippen molar-refractivity contribution in [2.24, 2.45) is 25.7 Å². The lowest BCUT2D eigenvalue weighted by Gasteiger charge is -2.27. The average Bonchev–Trinajstić information content (AvgIpc) is 3.06. The maximum absolute atomic E-state index is 12.9. The Balaban J connectivity index is 1.94. The van der Waals surface area contributed by atoms with Crippen LogP contribution >= 0.6 is 0 Å². The molecule has 0 spiro atoms. The van der Waals surface area contributed by atoms with Crippen LogP contribution in [0.15, 0.2) is 9.59 Å². The highest BCUT2D eigenvalue weighted by Crippen LogP contribution is 2.14. The predicted octanol–water partition coefficient (Wildman–Crippen LogP) is -0.706. The Bertz CT molecular complexity index is 994. The number of aromatic nitrogens is 4. The van der Waals surface area contributed by atoms with Gasteiger partial charge >= 0.3 is 5.69 Å². The highest BCUT2D eigenvalue weighted by molar-refractivity contribution is 5.76. The molecular formula is C20H33N6O3+. The van der Waals surface area contributed by atoms with Gasteiger partial charge in [-0.05, 0) is 6.42 Å². The Morgan fingerprint density at radius 1 is 1.14 bits per heavy atom. The number of nitrogens with zero attached hydrogens (tertiary/aromatic N) is 4. The van der Waals surface area contributed by atoms with E-state index in [9.17, 15) is 14.4 Å². The Labute approximate surface area is 170 Å². The van der Waals surface area contributed by atoms with Gasteiger partial charge in [-0.15, -0.1) is 0 Å². The van der Waals surface area contributed by atoms with Crippen molar-refractivity contribution in [1.29, 1.82) is 0 Å². The normalized spacial score (nSPS) is 19.7. The summed E-state index contributed by atoms with van der Waals surface area (Å²) in [6.07, 6.45) is 5.93. The minimum Gasteiger partial charge on any atom is -0.369 e. The molecular weight excluding hydrogens is 372 g/mol. The van der Waals surface area contributed by atoms with Crippen LogP contribution in [0.2, 0.25) is 0 Å². The van der Waals surface area contributed by atoms with Gasteiger partial charge in [-0.3, -0.25) is 18.7 Å². The van der Waals surface area contributed by atoms with Crippen LogP contribution in [0.3, 0.4) is 0 Å². The Morgan fingerprint density at radius 2 is 1.83 bits per heavy atom. The number of hydrogen-bond donors (Lipinski definition) is 2. The zero-order chi connectivity index (χ0) is 21.1. The summed E-state index contributed by atoms with van der Waals surface area (Å²) in [4.78, 5) is 42.7. The van der Waals surface area contributed by atoms with Crippen molar-refractivity contribution in [3.8, 4) is 0 Å². The van der Waals surface area contributed by atoms with Gasteiger partial charge in [0, 0.05) is 39.4 Å². The molecule has 0 aromatic carbocycles. The van der Waals surface area contributed by atoms with E-state index in [2.05, 4.69) is 6.92 Å². The number of carbonyl (C=O) groups is 1. The van der Waals surface area contributed by atoms with E-state index in [0.29, 0.717) is 17.7 Å². The van der Waals surface area contributed by atoms with E-state index >= 15 is 0 Å². The number of aryl methyl sites for hydroxylation is 2. The Kier molecular flexibility index (Phi) is 6.56. The lowest BCUT2D eigenvalue weighted by molar-refractivity contribution is -0.920. The number of imidazole rings is 1. The molecule has 9 nitrogen and oxygen atoms in total. The summed E-state index contributed by atoms with van der Waals surface area (Å²) in [5.41, 5.74) is 5.75. The smallest absolute Gasteiger partial charge is 0.332 e. The molecule has 0 saturated carbocycles. The first-order valence-corrected chi connectivity index (χ1v) is 10.6. The van der Waals surface area contributed by atoms with E-state index in [0.717, 1.165) is 68.6 Å². The van der Waals surface area contributed by atoms with Crippen molar-refractivity contribution in [2.75, 3.05) is 13.1 Å². The minimum atomic E-state index is -0.362. The van der Waals surface area contributed by atoms with Gasteiger partial charge in [0.2, 0.25) is 5.91 Å². The zero-order valence-corrected chi connectivity index (χ0v) is 17.7. The second kappa shape index (κ2) is 8.94. The molecule has 0 radical (unpaired) electrons. The molecule has 1 aliphatic heterocycles. The maximum Gasteiger partial charge on any atom is 0.332 e. The van der Waals surface area contributed by atoms with Gasteiger partial charge in [0.25, 0.3) is 5.56 Å². The number of nitrogens with one attached hydrogen (secondary N) is 1. The van der Waals surface area contributed by atoms with Gasteiger partial charge in [0.1, 0.15) is 6.54 Å². The van der Waals surface area contributed by atoms with Gasteiger partial charge < -0.3 is 15.2 Å². The fourth-order valence-corrected chi connectivity index (χ4v) is 4.28. The molecule has 0 aliphatic carbocycles. The fraction of sp³-hybridized carbons (Fsp3) is 0.700. The maximum atomic E-state index is 12.9. The first-order valence-electron chi connectivity index (χ1n) is 10.6. The van der Waals surface area contributed by atoms with Gasteiger partial charge in [-0.25, -0.2) is 9.78 Å². The lowest BCUT2D eigenvalue weighted by Crippen LogP contribution is -3.12. The van der Waals surface area contributed by atoms with E-state index in [1.807, 2.05) is 4.57 Å². The van der Waals surface area contributed by atoms with Gasteiger partial charge in [-0.2, -0.15) is 0 Å². The number of nitrogens with two attached hydrogens (primary N) is 1. The van der Waals surface area contributed by atoms with E-state index in [-0.39, 0.29) is 23.1 Å². The van der Waals surface area contributed by atoms with Gasteiger partial charge in [0.15, 0.2) is 17.0 Å². The van der Waals surface area contributed by atoms with E-state index in [1.165, 1.54) is 16.5 Å². The molecule has 3 N–H and O–H groups in total. The summed E-state index contributed by atoms with van der Waals surface area (Å²) in [6, 6.07) is 0. The number of rotatable bonds is 8. The van der Waals surface area contributed by atoms with Crippen molar-refractivity contribution in [3.63, 3.8) is 0 Å². The molecule has 0 bridgehead atoms. The summed E-state index contributed by atoms with van der Waals surface area (Å²) in [5.74, 6) is 0.577. The topological polar surface area (TPSA) is 109 Å². The molecule has 29 heavy (non-hydrogen) atoms. The molecule has 1 fully saturated rings. The van der Waals surface area contributed by atoms with Crippen LogP contribution in [0, 0.1) is 5.92 Å². The molecule has 3 heterocycles. The molecule has 0 atom stereocenters. The first-order chi connectivity index (χ1) is 13.8. The SMILES string of the molecule is CCCCCCn1c(C[NH+]2CCC(C(N)=O)CC2)nc2c1c(=O)n(C)c(=O)n2C. The molecule has 0 unspecified atom stereocenters. The number of amides is 1. The summed E-state index contributed by atoms with van der Waals surface area (Å²) in [6.45, 7) is 5.26. The van der Waals surface area contributed by atoms with Crippen LogP contribution in [-0.4, -0.2) is 37.7 Å². The highest BCUT2D eigenvalue weighted by Gasteiger charge is 2.28. The molecule has 2 aromatic rings. The van der Waals surface area contributed by atoms with Crippen LogP contribution < -0.4 is 21.9 Å². The summed E-state index contributed by atoms with van der Waals surface area (Å²) >= 11 is 0. The van der Waals surface area contributed by atoms with Crippen molar-refractivity contribution in [3.05, 3.63) is 26.7 Å². The van der Waals surface area contributed by atoms with Gasteiger partial charge in [-0.1, -0.05) is 26.2 Å². The quantitative estimate of drug-likeness (QED) is 0.566. The predicted molar refractivity (Wildman–Crippen MR) is 111 cm³/mol. The highest BCUT2D eigenvalue weighted by atomic mass is 16.2. The minimum absolute atomic E-state index is 0.0419. The molecule has 1 aliphatic rings. The molecule has 160 valence electrons. The third-order valence-corrected chi connectivity index (χ3v) is 6.17. The zero-order valence-electron chi connectivity index (χ0n) is 17.7. The van der Waals surface area contributed by atoms with Crippen LogP contribution in [0.5, 0.6) is 0 Å². The van der Waals surface area contributed by atoms with E-state index in [1.54, 1.807) is 7.05 Å². The molecule has 1 amide bonds. The lowest BCUT2D eigenvalue weighted by atomic mass is 9.96. The Hall–Kier alpha value is -2.42. The number of likely N-dealkylation sites (tertiary alicyclic amines) is 1. The fourth-order valence-electron chi connectivity index (χ4n) is 4.28.